The fourth-order valence-corrected chi connectivity index (χ4v) is 2.49. The predicted molar refractivity (Wildman–Crippen MR) is 59.0 cm³/mol. The van der Waals surface area contributed by atoms with Gasteiger partial charge in [-0.05, 0) is 31.7 Å². The van der Waals surface area contributed by atoms with Crippen molar-refractivity contribution >= 4 is 0 Å². The predicted octanol–water partition coefficient (Wildman–Crippen LogP) is 3.35. The van der Waals surface area contributed by atoms with Crippen LogP contribution in [0.1, 0.15) is 58.3 Å². The summed E-state index contributed by atoms with van der Waals surface area (Å²) in [5.74, 6) is 0. The van der Waals surface area contributed by atoms with Crippen molar-refractivity contribution in [3.8, 4) is 0 Å². The van der Waals surface area contributed by atoms with E-state index in [2.05, 4.69) is 19.3 Å². The molecular weight excluding hydrogens is 158 g/mol. The lowest BCUT2D eigenvalue weighted by molar-refractivity contribution is 0.115. The van der Waals surface area contributed by atoms with Crippen LogP contribution in [0.5, 0.6) is 0 Å². The molecule has 0 saturated heterocycles. The van der Waals surface area contributed by atoms with Crippen molar-refractivity contribution in [2.75, 3.05) is 13.6 Å². The number of hydrogen-bond donors (Lipinski definition) is 1. The van der Waals surface area contributed by atoms with Crippen molar-refractivity contribution in [2.24, 2.45) is 5.41 Å². The van der Waals surface area contributed by atoms with Crippen LogP contribution in [0.2, 0.25) is 0 Å². The smallest absolute Gasteiger partial charge is 0.000480 e. The first-order chi connectivity index (χ1) is 6.33. The van der Waals surface area contributed by atoms with Gasteiger partial charge >= 0.3 is 0 Å². The maximum Gasteiger partial charge on any atom is 0.000480 e. The molecule has 0 aromatic carbocycles. The van der Waals surface area contributed by atoms with Crippen LogP contribution in [0.3, 0.4) is 0 Å². The average molecular weight is 183 g/mol. The van der Waals surface area contributed by atoms with E-state index in [1.54, 1.807) is 0 Å². The Morgan fingerprint density at radius 3 is 2.38 bits per heavy atom. The number of rotatable bonds is 7. The van der Waals surface area contributed by atoms with Crippen LogP contribution in [0.25, 0.3) is 0 Å². The molecule has 0 radical (unpaired) electrons. The molecule has 1 heteroatoms. The average Bonchev–Trinajstić information content (AvgIpc) is 2.08. The SMILES string of the molecule is CCCCCCC1(CNC)CCC1. The zero-order valence-electron chi connectivity index (χ0n) is 9.36. The number of nitrogens with one attached hydrogen (secondary N) is 1. The van der Waals surface area contributed by atoms with E-state index in [0.717, 1.165) is 0 Å². The van der Waals surface area contributed by atoms with Crippen molar-refractivity contribution in [3.05, 3.63) is 0 Å². The monoisotopic (exact) mass is 183 g/mol. The summed E-state index contributed by atoms with van der Waals surface area (Å²) >= 11 is 0. The molecule has 0 heterocycles. The highest BCUT2D eigenvalue weighted by atomic mass is 14.8. The molecule has 1 aliphatic rings. The maximum atomic E-state index is 3.35. The van der Waals surface area contributed by atoms with Gasteiger partial charge in [0.05, 0.1) is 0 Å². The second kappa shape index (κ2) is 5.64. The molecule has 1 saturated carbocycles. The fraction of sp³-hybridized carbons (Fsp3) is 1.00. The van der Waals surface area contributed by atoms with Crippen LogP contribution in [-0.4, -0.2) is 13.6 Å². The van der Waals surface area contributed by atoms with E-state index in [0.29, 0.717) is 5.41 Å². The van der Waals surface area contributed by atoms with Crippen LogP contribution in [-0.2, 0) is 0 Å². The Kier molecular flexibility index (Phi) is 4.79. The summed E-state index contributed by atoms with van der Waals surface area (Å²) in [4.78, 5) is 0. The third-order valence-corrected chi connectivity index (χ3v) is 3.53. The molecule has 0 spiro atoms. The minimum atomic E-state index is 0.711. The molecule has 1 fully saturated rings. The van der Waals surface area contributed by atoms with Crippen LogP contribution in [0, 0.1) is 5.41 Å². The number of hydrogen-bond acceptors (Lipinski definition) is 1. The Bertz CT molecular complexity index is 127. The van der Waals surface area contributed by atoms with E-state index in [-0.39, 0.29) is 0 Å². The standard InChI is InChI=1S/C12H25N/c1-3-4-5-6-8-12(11-13-2)9-7-10-12/h13H,3-11H2,1-2H3. The third-order valence-electron chi connectivity index (χ3n) is 3.53. The molecule has 0 bridgehead atoms. The van der Waals surface area contributed by atoms with Crippen molar-refractivity contribution in [2.45, 2.75) is 58.3 Å². The summed E-state index contributed by atoms with van der Waals surface area (Å²) in [7, 11) is 2.09. The lowest BCUT2D eigenvalue weighted by atomic mass is 9.66. The first-order valence-corrected chi connectivity index (χ1v) is 5.97. The Morgan fingerprint density at radius 1 is 1.15 bits per heavy atom. The van der Waals surface area contributed by atoms with Gasteiger partial charge in [0.25, 0.3) is 0 Å². The van der Waals surface area contributed by atoms with Crippen LogP contribution < -0.4 is 5.32 Å². The lowest BCUT2D eigenvalue weighted by Crippen LogP contribution is -2.38. The Morgan fingerprint density at radius 2 is 1.92 bits per heavy atom. The molecule has 0 aromatic heterocycles. The molecule has 0 atom stereocenters. The molecule has 13 heavy (non-hydrogen) atoms. The Hall–Kier alpha value is -0.0400. The molecule has 0 unspecified atom stereocenters. The van der Waals surface area contributed by atoms with Gasteiger partial charge < -0.3 is 5.32 Å². The van der Waals surface area contributed by atoms with Crippen molar-refractivity contribution < 1.29 is 0 Å². The van der Waals surface area contributed by atoms with Gasteiger partial charge in [-0.1, -0.05) is 39.0 Å². The minimum absolute atomic E-state index is 0.711. The van der Waals surface area contributed by atoms with Gasteiger partial charge in [-0.2, -0.15) is 0 Å². The summed E-state index contributed by atoms with van der Waals surface area (Å²) in [5.41, 5.74) is 0.711. The van der Waals surface area contributed by atoms with Crippen molar-refractivity contribution in [1.29, 1.82) is 0 Å². The van der Waals surface area contributed by atoms with E-state index in [9.17, 15) is 0 Å². The highest BCUT2D eigenvalue weighted by Crippen LogP contribution is 2.44. The van der Waals surface area contributed by atoms with Crippen molar-refractivity contribution in [1.82, 2.24) is 5.32 Å². The molecule has 78 valence electrons. The van der Waals surface area contributed by atoms with Crippen LogP contribution in [0.15, 0.2) is 0 Å². The summed E-state index contributed by atoms with van der Waals surface area (Å²) in [6, 6.07) is 0. The van der Waals surface area contributed by atoms with E-state index in [4.69, 9.17) is 0 Å². The van der Waals surface area contributed by atoms with Crippen LogP contribution in [0.4, 0.5) is 0 Å². The molecule has 1 N–H and O–H groups in total. The zero-order valence-corrected chi connectivity index (χ0v) is 9.36. The van der Waals surface area contributed by atoms with E-state index in [1.165, 1.54) is 57.9 Å². The molecule has 1 aliphatic carbocycles. The van der Waals surface area contributed by atoms with E-state index in [1.807, 2.05) is 0 Å². The van der Waals surface area contributed by atoms with Crippen LogP contribution >= 0.6 is 0 Å². The molecule has 1 rings (SSSR count). The first kappa shape index (κ1) is 11.0. The fourth-order valence-electron chi connectivity index (χ4n) is 2.49. The minimum Gasteiger partial charge on any atom is -0.319 e. The molecule has 1 nitrogen and oxygen atoms in total. The molecular formula is C12H25N. The van der Waals surface area contributed by atoms with Gasteiger partial charge in [0.15, 0.2) is 0 Å². The van der Waals surface area contributed by atoms with Gasteiger partial charge in [-0.3, -0.25) is 0 Å². The van der Waals surface area contributed by atoms with E-state index < -0.39 is 0 Å². The van der Waals surface area contributed by atoms with Gasteiger partial charge in [0.2, 0.25) is 0 Å². The topological polar surface area (TPSA) is 12.0 Å². The Labute approximate surface area is 83.3 Å². The quantitative estimate of drug-likeness (QED) is 0.597. The molecule has 0 aliphatic heterocycles. The summed E-state index contributed by atoms with van der Waals surface area (Å²) < 4.78 is 0. The third kappa shape index (κ3) is 3.30. The van der Waals surface area contributed by atoms with Gasteiger partial charge in [-0.25, -0.2) is 0 Å². The normalized spacial score (nSPS) is 19.8. The van der Waals surface area contributed by atoms with E-state index >= 15 is 0 Å². The highest BCUT2D eigenvalue weighted by Gasteiger charge is 2.35. The first-order valence-electron chi connectivity index (χ1n) is 5.97. The van der Waals surface area contributed by atoms with Gasteiger partial charge in [0.1, 0.15) is 0 Å². The molecule has 0 amide bonds. The van der Waals surface area contributed by atoms with Crippen molar-refractivity contribution in [3.63, 3.8) is 0 Å². The van der Waals surface area contributed by atoms with Gasteiger partial charge in [0, 0.05) is 6.54 Å². The Balaban J connectivity index is 2.09. The second-order valence-corrected chi connectivity index (χ2v) is 4.69. The summed E-state index contributed by atoms with van der Waals surface area (Å²) in [6.07, 6.45) is 11.6. The lowest BCUT2D eigenvalue weighted by Gasteiger charge is -2.42. The maximum absolute atomic E-state index is 3.35. The summed E-state index contributed by atoms with van der Waals surface area (Å²) in [5, 5.41) is 3.35. The zero-order chi connectivity index (χ0) is 9.57. The summed E-state index contributed by atoms with van der Waals surface area (Å²) in [6.45, 7) is 3.53. The molecule has 0 aromatic rings. The van der Waals surface area contributed by atoms with Gasteiger partial charge in [-0.15, -0.1) is 0 Å². The highest BCUT2D eigenvalue weighted by molar-refractivity contribution is 4.88. The number of unbranched alkanes of at least 4 members (excludes halogenated alkanes) is 3. The largest absolute Gasteiger partial charge is 0.319 e. The second-order valence-electron chi connectivity index (χ2n) is 4.69.